The third kappa shape index (κ3) is 4.04. The number of nitrogens with zero attached hydrogens (tertiary/aromatic N) is 1. The van der Waals surface area contributed by atoms with Crippen molar-refractivity contribution in [2.45, 2.75) is 49.6 Å². The molecule has 1 aliphatic carbocycles. The number of nitrogens with one attached hydrogen (secondary N) is 1. The van der Waals surface area contributed by atoms with Gasteiger partial charge in [0, 0.05) is 18.5 Å². The van der Waals surface area contributed by atoms with Crippen LogP contribution in [-0.2, 0) is 14.5 Å². The molecule has 1 aromatic rings. The van der Waals surface area contributed by atoms with Gasteiger partial charge in [0.2, 0.25) is 0 Å². The molecule has 1 heterocycles. The van der Waals surface area contributed by atoms with Crippen molar-refractivity contribution in [2.75, 3.05) is 13.1 Å². The quantitative estimate of drug-likeness (QED) is 0.735. The summed E-state index contributed by atoms with van der Waals surface area (Å²) in [6.45, 7) is 6.65. The van der Waals surface area contributed by atoms with E-state index in [4.69, 9.17) is 9.52 Å². The molecular weight excluding hydrogens is 393 g/mol. The third-order valence-electron chi connectivity index (χ3n) is 4.80. The van der Waals surface area contributed by atoms with Crippen molar-refractivity contribution < 1.29 is 26.9 Å². The Bertz CT molecular complexity index is 914. The molecule has 1 saturated heterocycles. The highest BCUT2D eigenvalue weighted by Gasteiger charge is 2.52. The second-order valence-corrected chi connectivity index (χ2v) is 10.6. The van der Waals surface area contributed by atoms with Gasteiger partial charge in [0.25, 0.3) is 0 Å². The summed E-state index contributed by atoms with van der Waals surface area (Å²) in [5, 5.41) is 0. The van der Waals surface area contributed by atoms with Crippen LogP contribution in [-0.4, -0.2) is 39.4 Å². The van der Waals surface area contributed by atoms with Crippen LogP contribution < -0.4 is 0 Å². The number of allylic oxidation sites excluding steroid dienone is 1. The molecule has 0 radical (unpaired) electrons. The molecule has 2 aliphatic rings. The molecule has 28 heavy (non-hydrogen) atoms. The van der Waals surface area contributed by atoms with Gasteiger partial charge >= 0.3 is 11.6 Å². The number of likely N-dealkylation sites (tertiary alicyclic amines) is 1. The molecule has 2 fully saturated rings. The maximum atomic E-state index is 12.8. The van der Waals surface area contributed by atoms with Gasteiger partial charge in [0.15, 0.2) is 9.73 Å². The Balaban J connectivity index is 1.62. The van der Waals surface area contributed by atoms with Crippen molar-refractivity contribution in [3.05, 3.63) is 35.4 Å². The van der Waals surface area contributed by atoms with E-state index in [9.17, 15) is 22.2 Å². The Morgan fingerprint density at radius 3 is 2.39 bits per heavy atom. The molecule has 154 valence electrons. The minimum Gasteiger partial charge on any atom is -0.444 e. The molecule has 1 spiro atoms. The fourth-order valence-electron chi connectivity index (χ4n) is 3.61. The predicted molar refractivity (Wildman–Crippen MR) is 99.1 cm³/mol. The predicted octanol–water partition coefficient (Wildman–Crippen LogP) is 5.03. The van der Waals surface area contributed by atoms with E-state index in [0.29, 0.717) is 18.7 Å². The first-order valence-corrected chi connectivity index (χ1v) is 10.4. The first-order chi connectivity index (χ1) is 12.7. The SMILES string of the molecule is CC(C)(C)OC(=O)N1CC2(CC(=Cc3cccc(S(=N)(=O)C(F)(F)F)c3)C2)C1. The standard InChI is InChI=1S/C19H23F3N2O3S/c1-17(2,3)27-16(25)24-11-18(12-24)9-14(10-18)7-13-5-4-6-15(8-13)28(23,26)19(20,21)22/h4-8,23H,9-12H2,1-3H3. The Morgan fingerprint density at radius 1 is 1.25 bits per heavy atom. The Hall–Kier alpha value is -2.03. The Labute approximate surface area is 162 Å². The second kappa shape index (κ2) is 6.50. The van der Waals surface area contributed by atoms with E-state index in [1.807, 2.05) is 20.8 Å². The van der Waals surface area contributed by atoms with Gasteiger partial charge in [0.1, 0.15) is 5.60 Å². The number of carbonyl (C=O) groups is 1. The van der Waals surface area contributed by atoms with Crippen molar-refractivity contribution in [3.8, 4) is 0 Å². The van der Waals surface area contributed by atoms with Crippen LogP contribution in [0.2, 0.25) is 0 Å². The second-order valence-electron chi connectivity index (χ2n) is 8.57. The lowest BCUT2D eigenvalue weighted by Crippen LogP contribution is -2.62. The minimum atomic E-state index is -5.10. The average Bonchev–Trinajstić information content (AvgIpc) is 2.45. The largest absolute Gasteiger partial charge is 0.483 e. The van der Waals surface area contributed by atoms with Crippen molar-refractivity contribution >= 4 is 21.9 Å². The van der Waals surface area contributed by atoms with Gasteiger partial charge in [-0.3, -0.25) is 0 Å². The number of rotatable bonds is 2. The topological polar surface area (TPSA) is 70.5 Å². The molecule has 1 atom stereocenters. The van der Waals surface area contributed by atoms with E-state index in [1.54, 1.807) is 17.0 Å². The third-order valence-corrected chi connectivity index (χ3v) is 6.36. The van der Waals surface area contributed by atoms with Gasteiger partial charge in [-0.15, -0.1) is 0 Å². The summed E-state index contributed by atoms with van der Waals surface area (Å²) in [6.07, 6.45) is 2.95. The molecule has 1 amide bonds. The number of benzene rings is 1. The lowest BCUT2D eigenvalue weighted by molar-refractivity contribution is -0.0499. The van der Waals surface area contributed by atoms with Gasteiger partial charge in [0.05, 0.1) is 4.90 Å². The first-order valence-electron chi connectivity index (χ1n) is 8.83. The van der Waals surface area contributed by atoms with Crippen LogP contribution in [0.15, 0.2) is 34.7 Å². The fraction of sp³-hybridized carbons (Fsp3) is 0.526. The van der Waals surface area contributed by atoms with Crippen LogP contribution >= 0.6 is 0 Å². The number of ether oxygens (including phenoxy) is 1. The monoisotopic (exact) mass is 416 g/mol. The summed E-state index contributed by atoms with van der Waals surface area (Å²) < 4.78 is 62.8. The number of halogens is 3. The van der Waals surface area contributed by atoms with Crippen molar-refractivity contribution in [1.29, 1.82) is 4.78 Å². The number of hydrogen-bond donors (Lipinski definition) is 1. The lowest BCUT2D eigenvalue weighted by atomic mass is 9.60. The molecule has 1 unspecified atom stereocenters. The minimum absolute atomic E-state index is 0.0231. The van der Waals surface area contributed by atoms with Crippen LogP contribution in [0.1, 0.15) is 39.2 Å². The number of amides is 1. The fourth-order valence-corrected chi connectivity index (χ4v) is 4.45. The summed E-state index contributed by atoms with van der Waals surface area (Å²) in [5.41, 5.74) is -4.06. The molecule has 1 N–H and O–H groups in total. The van der Waals surface area contributed by atoms with E-state index in [0.717, 1.165) is 30.5 Å². The highest BCUT2D eigenvalue weighted by atomic mass is 32.2. The van der Waals surface area contributed by atoms with E-state index in [-0.39, 0.29) is 11.5 Å². The number of hydrogen-bond acceptors (Lipinski definition) is 4. The highest BCUT2D eigenvalue weighted by Crippen LogP contribution is 2.52. The lowest BCUT2D eigenvalue weighted by Gasteiger charge is -2.56. The molecule has 1 saturated carbocycles. The molecule has 9 heteroatoms. The molecule has 1 aromatic carbocycles. The van der Waals surface area contributed by atoms with Gasteiger partial charge in [-0.05, 0) is 51.3 Å². The van der Waals surface area contributed by atoms with E-state index in [1.165, 1.54) is 6.07 Å². The molecule has 0 bridgehead atoms. The zero-order chi connectivity index (χ0) is 21.0. The zero-order valence-electron chi connectivity index (χ0n) is 15.9. The summed E-state index contributed by atoms with van der Waals surface area (Å²) >= 11 is 0. The van der Waals surface area contributed by atoms with E-state index >= 15 is 0 Å². The number of carbonyl (C=O) groups excluding carboxylic acids is 1. The summed E-state index contributed by atoms with van der Waals surface area (Å²) in [4.78, 5) is 13.1. The molecular formula is C19H23F3N2O3S. The summed E-state index contributed by atoms with van der Waals surface area (Å²) in [5.74, 6) is 0. The van der Waals surface area contributed by atoms with Crippen LogP contribution in [0.5, 0.6) is 0 Å². The van der Waals surface area contributed by atoms with Crippen LogP contribution in [0, 0.1) is 10.2 Å². The van der Waals surface area contributed by atoms with Crippen LogP contribution in [0.25, 0.3) is 6.08 Å². The summed E-state index contributed by atoms with van der Waals surface area (Å²) in [7, 11) is -4.86. The van der Waals surface area contributed by atoms with Gasteiger partial charge < -0.3 is 9.64 Å². The maximum Gasteiger partial charge on any atom is 0.483 e. The van der Waals surface area contributed by atoms with E-state index in [2.05, 4.69) is 0 Å². The average molecular weight is 416 g/mol. The summed E-state index contributed by atoms with van der Waals surface area (Å²) in [6, 6.07) is 5.23. The smallest absolute Gasteiger partial charge is 0.444 e. The van der Waals surface area contributed by atoms with Crippen molar-refractivity contribution in [1.82, 2.24) is 4.90 Å². The Morgan fingerprint density at radius 2 is 1.86 bits per heavy atom. The van der Waals surface area contributed by atoms with Gasteiger partial charge in [-0.25, -0.2) is 13.8 Å². The van der Waals surface area contributed by atoms with Gasteiger partial charge in [-0.2, -0.15) is 13.2 Å². The van der Waals surface area contributed by atoms with Crippen LogP contribution in [0.3, 0.4) is 0 Å². The van der Waals surface area contributed by atoms with Crippen molar-refractivity contribution in [2.24, 2.45) is 5.41 Å². The highest BCUT2D eigenvalue weighted by molar-refractivity contribution is 7.93. The van der Waals surface area contributed by atoms with Gasteiger partial charge in [-0.1, -0.05) is 23.8 Å². The molecule has 3 rings (SSSR count). The molecule has 0 aromatic heterocycles. The normalized spacial score (nSPS) is 20.8. The van der Waals surface area contributed by atoms with E-state index < -0.39 is 25.7 Å². The Kier molecular flexibility index (Phi) is 4.81. The maximum absolute atomic E-state index is 12.8. The molecule has 5 nitrogen and oxygen atoms in total. The number of alkyl halides is 3. The van der Waals surface area contributed by atoms with Crippen molar-refractivity contribution in [3.63, 3.8) is 0 Å². The first kappa shape index (κ1) is 20.7. The zero-order valence-corrected chi connectivity index (χ0v) is 16.7. The van der Waals surface area contributed by atoms with Crippen LogP contribution in [0.4, 0.5) is 18.0 Å². The molecule has 1 aliphatic heterocycles.